The van der Waals surface area contributed by atoms with Gasteiger partial charge in [0.2, 0.25) is 0 Å². The molecule has 0 aliphatic heterocycles. The number of benzene rings is 7. The maximum Gasteiger partial charge on any atom is 0.160 e. The Bertz CT molecular complexity index is 2440. The van der Waals surface area contributed by atoms with Gasteiger partial charge in [-0.2, -0.15) is 0 Å². The van der Waals surface area contributed by atoms with E-state index < -0.39 is 0 Å². The molecule has 0 atom stereocenters. The Hall–Kier alpha value is -6.12. The van der Waals surface area contributed by atoms with E-state index in [9.17, 15) is 0 Å². The molecule has 49 heavy (non-hydrogen) atoms. The topological polar surface area (TPSA) is 25.8 Å². The predicted octanol–water partition coefficient (Wildman–Crippen LogP) is 12.3. The van der Waals surface area contributed by atoms with Crippen molar-refractivity contribution >= 4 is 10.8 Å². The molecule has 1 aromatic heterocycles. The molecule has 0 radical (unpaired) electrons. The molecule has 0 spiro atoms. The molecule has 0 saturated carbocycles. The smallest absolute Gasteiger partial charge is 0.160 e. The van der Waals surface area contributed by atoms with E-state index in [2.05, 4.69) is 172 Å². The highest BCUT2D eigenvalue weighted by Gasteiger charge is 2.37. The van der Waals surface area contributed by atoms with Gasteiger partial charge in [0.05, 0.1) is 11.4 Å². The van der Waals surface area contributed by atoms with Gasteiger partial charge >= 0.3 is 0 Å². The molecule has 0 fully saturated rings. The minimum absolute atomic E-state index is 0.0891. The summed E-state index contributed by atoms with van der Waals surface area (Å²) in [6, 6.07) is 60.6. The first-order valence-electron chi connectivity index (χ1n) is 16.9. The molecule has 9 rings (SSSR count). The molecule has 7 aromatic carbocycles. The predicted molar refractivity (Wildman–Crippen MR) is 204 cm³/mol. The SMILES string of the molecule is CC1(C)c2cc3ccccc3cc2-c2c(-c3ccccc3-c3ccc(-c4nc(-c5ccccc5)cc(-c5ccccc5)n4)cc3)cccc21. The number of rotatable bonds is 5. The van der Waals surface area contributed by atoms with Gasteiger partial charge in [0.15, 0.2) is 5.82 Å². The van der Waals surface area contributed by atoms with Crippen molar-refractivity contribution in [3.63, 3.8) is 0 Å². The summed E-state index contributed by atoms with van der Waals surface area (Å²) >= 11 is 0. The lowest BCUT2D eigenvalue weighted by Gasteiger charge is -2.22. The van der Waals surface area contributed by atoms with Crippen LogP contribution in [0.1, 0.15) is 25.0 Å². The Balaban J connectivity index is 1.15. The van der Waals surface area contributed by atoms with Crippen LogP contribution < -0.4 is 0 Å². The van der Waals surface area contributed by atoms with E-state index in [1.807, 2.05) is 12.1 Å². The summed E-state index contributed by atoms with van der Waals surface area (Å²) in [6.07, 6.45) is 0. The quantitative estimate of drug-likeness (QED) is 0.190. The summed E-state index contributed by atoms with van der Waals surface area (Å²) in [5.74, 6) is 0.715. The molecule has 232 valence electrons. The lowest BCUT2D eigenvalue weighted by molar-refractivity contribution is 0.661. The Morgan fingerprint density at radius 2 is 0.898 bits per heavy atom. The van der Waals surface area contributed by atoms with Crippen molar-refractivity contribution < 1.29 is 0 Å². The maximum atomic E-state index is 5.05. The molecule has 2 heteroatoms. The Morgan fingerprint density at radius 3 is 1.55 bits per heavy atom. The van der Waals surface area contributed by atoms with E-state index in [1.54, 1.807) is 0 Å². The highest BCUT2D eigenvalue weighted by atomic mass is 14.9. The number of nitrogens with zero attached hydrogens (tertiary/aromatic N) is 2. The number of aromatic nitrogens is 2. The molecule has 0 amide bonds. The van der Waals surface area contributed by atoms with Crippen molar-refractivity contribution in [2.45, 2.75) is 19.3 Å². The third kappa shape index (κ3) is 4.96. The lowest BCUT2D eigenvalue weighted by Crippen LogP contribution is -2.14. The lowest BCUT2D eigenvalue weighted by atomic mass is 9.81. The molecule has 0 unspecified atom stereocenters. The number of fused-ring (bicyclic) bond motifs is 4. The highest BCUT2D eigenvalue weighted by molar-refractivity contribution is 6.00. The summed E-state index contributed by atoms with van der Waals surface area (Å²) in [7, 11) is 0. The molecule has 0 saturated heterocycles. The van der Waals surface area contributed by atoms with Crippen molar-refractivity contribution in [2.24, 2.45) is 0 Å². The van der Waals surface area contributed by atoms with Crippen molar-refractivity contribution in [1.82, 2.24) is 9.97 Å². The van der Waals surface area contributed by atoms with Crippen LogP contribution in [0.15, 0.2) is 170 Å². The number of hydrogen-bond acceptors (Lipinski definition) is 2. The van der Waals surface area contributed by atoms with Crippen molar-refractivity contribution in [2.75, 3.05) is 0 Å². The van der Waals surface area contributed by atoms with Crippen LogP contribution >= 0.6 is 0 Å². The zero-order chi connectivity index (χ0) is 33.0. The Kier molecular flexibility index (Phi) is 6.84. The molecule has 1 aliphatic rings. The summed E-state index contributed by atoms with van der Waals surface area (Å²) in [4.78, 5) is 10.1. The summed E-state index contributed by atoms with van der Waals surface area (Å²) in [5.41, 5.74) is 15.2. The van der Waals surface area contributed by atoms with E-state index in [-0.39, 0.29) is 5.41 Å². The fourth-order valence-corrected chi connectivity index (χ4v) is 7.56. The monoisotopic (exact) mass is 626 g/mol. The largest absolute Gasteiger partial charge is 0.228 e. The standard InChI is InChI=1S/C47H34N2/c1-47(2)41-23-13-22-39(45(41)40-28-35-18-9-10-19-36(35)29-42(40)47)38-21-12-11-20-37(38)31-24-26-34(27-25-31)46-48-43(32-14-5-3-6-15-32)30-44(49-46)33-16-7-4-8-17-33/h3-30H,1-2H3. The average molecular weight is 627 g/mol. The second-order valence-corrected chi connectivity index (χ2v) is 13.4. The van der Waals surface area contributed by atoms with Gasteiger partial charge in [0, 0.05) is 22.1 Å². The summed E-state index contributed by atoms with van der Waals surface area (Å²) in [5, 5.41) is 2.57. The van der Waals surface area contributed by atoms with Crippen molar-refractivity contribution in [3.05, 3.63) is 181 Å². The van der Waals surface area contributed by atoms with Gasteiger partial charge in [-0.25, -0.2) is 9.97 Å². The fraction of sp³-hybridized carbons (Fsp3) is 0.0638. The molecule has 1 aliphatic carbocycles. The Morgan fingerprint density at radius 1 is 0.367 bits per heavy atom. The van der Waals surface area contributed by atoms with Crippen LogP contribution in [-0.2, 0) is 5.41 Å². The van der Waals surface area contributed by atoms with Gasteiger partial charge in [-0.3, -0.25) is 0 Å². The van der Waals surface area contributed by atoms with Crippen LogP contribution in [-0.4, -0.2) is 9.97 Å². The second kappa shape index (κ2) is 11.5. The fourth-order valence-electron chi connectivity index (χ4n) is 7.56. The van der Waals surface area contributed by atoms with Gasteiger partial charge in [0.25, 0.3) is 0 Å². The van der Waals surface area contributed by atoms with E-state index in [1.165, 1.54) is 49.7 Å². The normalized spacial score (nSPS) is 12.9. The third-order valence-corrected chi connectivity index (χ3v) is 10.1. The zero-order valence-electron chi connectivity index (χ0n) is 27.6. The zero-order valence-corrected chi connectivity index (χ0v) is 27.6. The minimum atomic E-state index is -0.0891. The van der Waals surface area contributed by atoms with Gasteiger partial charge in [0.1, 0.15) is 0 Å². The Labute approximate surface area is 287 Å². The van der Waals surface area contributed by atoms with Gasteiger partial charge in [-0.1, -0.05) is 166 Å². The molecule has 2 nitrogen and oxygen atoms in total. The van der Waals surface area contributed by atoms with Gasteiger partial charge in [-0.05, 0) is 73.5 Å². The minimum Gasteiger partial charge on any atom is -0.228 e. The van der Waals surface area contributed by atoms with Crippen LogP contribution in [0.2, 0.25) is 0 Å². The van der Waals surface area contributed by atoms with E-state index in [0.29, 0.717) is 5.82 Å². The third-order valence-electron chi connectivity index (χ3n) is 10.1. The van der Waals surface area contributed by atoms with Crippen LogP contribution in [0.5, 0.6) is 0 Å². The van der Waals surface area contributed by atoms with Crippen LogP contribution in [0.25, 0.3) is 78.1 Å². The van der Waals surface area contributed by atoms with Gasteiger partial charge in [-0.15, -0.1) is 0 Å². The van der Waals surface area contributed by atoms with Crippen LogP contribution in [0.4, 0.5) is 0 Å². The molecule has 1 heterocycles. The summed E-state index contributed by atoms with van der Waals surface area (Å²) < 4.78 is 0. The maximum absolute atomic E-state index is 5.05. The van der Waals surface area contributed by atoms with E-state index in [4.69, 9.17) is 9.97 Å². The molecule has 8 aromatic rings. The van der Waals surface area contributed by atoms with E-state index >= 15 is 0 Å². The van der Waals surface area contributed by atoms with E-state index in [0.717, 1.165) is 33.6 Å². The first-order valence-corrected chi connectivity index (χ1v) is 16.9. The first-order chi connectivity index (χ1) is 24.0. The van der Waals surface area contributed by atoms with Crippen molar-refractivity contribution in [3.8, 4) is 67.3 Å². The summed E-state index contributed by atoms with van der Waals surface area (Å²) in [6.45, 7) is 4.72. The molecule has 0 bridgehead atoms. The molecular formula is C47H34N2. The van der Waals surface area contributed by atoms with Crippen molar-refractivity contribution in [1.29, 1.82) is 0 Å². The first kappa shape index (κ1) is 29.1. The molecular weight excluding hydrogens is 593 g/mol. The number of hydrogen-bond donors (Lipinski definition) is 0. The van der Waals surface area contributed by atoms with Gasteiger partial charge < -0.3 is 0 Å². The van der Waals surface area contributed by atoms with Crippen LogP contribution in [0.3, 0.4) is 0 Å². The molecule has 0 N–H and O–H groups in total. The second-order valence-electron chi connectivity index (χ2n) is 13.4. The average Bonchev–Trinajstić information content (AvgIpc) is 3.39. The highest BCUT2D eigenvalue weighted by Crippen LogP contribution is 2.53. The van der Waals surface area contributed by atoms with Crippen LogP contribution in [0, 0.1) is 0 Å².